The summed E-state index contributed by atoms with van der Waals surface area (Å²) in [5, 5.41) is 19.6. The highest BCUT2D eigenvalue weighted by molar-refractivity contribution is 7.99. The molecule has 4 aliphatic rings. The summed E-state index contributed by atoms with van der Waals surface area (Å²) in [5.74, 6) is 1.82. The fraction of sp³-hybridized carbons (Fsp3) is 0.650. The third-order valence-electron chi connectivity index (χ3n) is 6.52. The number of hydrazine groups is 1. The van der Waals surface area contributed by atoms with Gasteiger partial charge in [0.15, 0.2) is 5.16 Å². The lowest BCUT2D eigenvalue weighted by atomic mass is 9.87. The topological polar surface area (TPSA) is 96.3 Å². The number of ether oxygens (including phenoxy) is 1. The zero-order valence-electron chi connectivity index (χ0n) is 17.5. The molecular weight excluding hydrogens is 434 g/mol. The molecule has 1 aliphatic carbocycles. The Balaban J connectivity index is 1.26. The number of hydrogen-bond acceptors (Lipinski definition) is 9. The number of carbonyl (C=O) groups is 1. The molecule has 3 N–H and O–H groups in total. The van der Waals surface area contributed by atoms with Crippen molar-refractivity contribution in [1.82, 2.24) is 30.8 Å². The van der Waals surface area contributed by atoms with Crippen LogP contribution in [0.15, 0.2) is 5.16 Å². The molecule has 0 bridgehead atoms. The van der Waals surface area contributed by atoms with Crippen LogP contribution >= 0.6 is 23.1 Å². The Bertz CT molecular complexity index is 1000. The maximum atomic E-state index is 12.4. The van der Waals surface area contributed by atoms with E-state index in [1.54, 1.807) is 0 Å². The molecule has 0 aromatic carbocycles. The standard InChI is InChI=1S/C20H27N7O2S2/c1-11-4-5-14-13(7-11)16-17-22-10-23-27(17)19-24-25-20(26(19)18(16)31-14)30-9-15(28)21-8-12-3-2-6-29-12/h11-12,17,22-23H,2-10H2,1H3,(H,21,28)/t11-,12+,17?/m0/s1. The highest BCUT2D eigenvalue weighted by Crippen LogP contribution is 2.48. The molecule has 2 aromatic rings. The SMILES string of the molecule is C[C@H]1CCc2sc3c(c2C1)C1NCNN1c1nnc(SCC(=O)NC[C@H]2CCCO2)n1-3. The van der Waals surface area contributed by atoms with Gasteiger partial charge < -0.3 is 10.1 Å². The maximum absolute atomic E-state index is 12.4. The van der Waals surface area contributed by atoms with Crippen molar-refractivity contribution in [3.05, 3.63) is 16.0 Å². The molecule has 3 aliphatic heterocycles. The number of carbonyl (C=O) groups excluding carboxylic acids is 1. The molecule has 9 nitrogen and oxygen atoms in total. The van der Waals surface area contributed by atoms with Crippen LogP contribution in [-0.2, 0) is 22.4 Å². The number of fused-ring (bicyclic) bond motifs is 8. The van der Waals surface area contributed by atoms with Crippen LogP contribution in [0.4, 0.5) is 5.95 Å². The molecule has 166 valence electrons. The number of amides is 1. The number of hydrogen-bond donors (Lipinski definition) is 3. The number of aryl methyl sites for hydroxylation is 1. The summed E-state index contributed by atoms with van der Waals surface area (Å²) >= 11 is 3.31. The largest absolute Gasteiger partial charge is 0.376 e. The molecule has 2 aromatic heterocycles. The van der Waals surface area contributed by atoms with Gasteiger partial charge in [0.25, 0.3) is 0 Å². The summed E-state index contributed by atoms with van der Waals surface area (Å²) in [5.41, 5.74) is 6.24. The van der Waals surface area contributed by atoms with Crippen LogP contribution in [0.3, 0.4) is 0 Å². The van der Waals surface area contributed by atoms with Gasteiger partial charge in [-0.25, -0.2) is 9.99 Å². The van der Waals surface area contributed by atoms with Gasteiger partial charge in [-0.1, -0.05) is 18.7 Å². The van der Waals surface area contributed by atoms with Gasteiger partial charge in [-0.3, -0.25) is 15.1 Å². The second-order valence-corrected chi connectivity index (χ2v) is 10.8. The number of nitrogens with zero attached hydrogens (tertiary/aromatic N) is 4. The molecule has 2 saturated heterocycles. The summed E-state index contributed by atoms with van der Waals surface area (Å²) in [6, 6.07) is 0. The van der Waals surface area contributed by atoms with Gasteiger partial charge in [0.05, 0.1) is 18.5 Å². The first kappa shape index (κ1) is 20.0. The zero-order valence-corrected chi connectivity index (χ0v) is 19.2. The first-order chi connectivity index (χ1) is 15.2. The van der Waals surface area contributed by atoms with Crippen molar-refractivity contribution < 1.29 is 9.53 Å². The van der Waals surface area contributed by atoms with Crippen molar-refractivity contribution >= 4 is 35.0 Å². The number of nitrogens with one attached hydrogen (secondary N) is 3. The minimum atomic E-state index is 0.00650. The Hall–Kier alpha value is -1.66. The average molecular weight is 462 g/mol. The van der Waals surface area contributed by atoms with E-state index in [0.29, 0.717) is 24.9 Å². The predicted octanol–water partition coefficient (Wildman–Crippen LogP) is 1.72. The van der Waals surface area contributed by atoms with Gasteiger partial charge in [0.2, 0.25) is 11.9 Å². The number of thioether (sulfide) groups is 1. The third-order valence-corrected chi connectivity index (χ3v) is 8.75. The first-order valence-corrected chi connectivity index (χ1v) is 12.9. The number of thiophene rings is 1. The van der Waals surface area contributed by atoms with E-state index in [1.165, 1.54) is 39.2 Å². The Labute approximate surface area is 189 Å². The average Bonchev–Trinajstić information content (AvgIpc) is 3.55. The second-order valence-electron chi connectivity index (χ2n) is 8.73. The molecule has 3 atom stereocenters. The lowest BCUT2D eigenvalue weighted by molar-refractivity contribution is -0.119. The van der Waals surface area contributed by atoms with E-state index in [2.05, 4.69) is 42.8 Å². The molecule has 31 heavy (non-hydrogen) atoms. The number of aromatic nitrogens is 3. The third kappa shape index (κ3) is 3.46. The quantitative estimate of drug-likeness (QED) is 0.580. The molecule has 0 spiro atoms. The van der Waals surface area contributed by atoms with Crippen LogP contribution in [0, 0.1) is 5.92 Å². The fourth-order valence-corrected chi connectivity index (χ4v) is 7.14. The van der Waals surface area contributed by atoms with Gasteiger partial charge in [0, 0.05) is 23.6 Å². The normalized spacial score (nSPS) is 26.4. The first-order valence-electron chi connectivity index (χ1n) is 11.1. The minimum Gasteiger partial charge on any atom is -0.376 e. The highest BCUT2D eigenvalue weighted by atomic mass is 32.2. The van der Waals surface area contributed by atoms with Gasteiger partial charge in [-0.05, 0) is 43.6 Å². The van der Waals surface area contributed by atoms with Gasteiger partial charge in [-0.15, -0.1) is 21.5 Å². The van der Waals surface area contributed by atoms with Crippen molar-refractivity contribution in [2.75, 3.05) is 30.6 Å². The molecule has 1 unspecified atom stereocenters. The van der Waals surface area contributed by atoms with Crippen LogP contribution < -0.4 is 21.1 Å². The fourth-order valence-electron chi connectivity index (χ4n) is 4.95. The molecule has 11 heteroatoms. The van der Waals surface area contributed by atoms with E-state index in [-0.39, 0.29) is 18.2 Å². The second kappa shape index (κ2) is 8.04. The molecule has 5 heterocycles. The van der Waals surface area contributed by atoms with Crippen molar-refractivity contribution in [2.45, 2.75) is 56.5 Å². The van der Waals surface area contributed by atoms with Crippen molar-refractivity contribution in [2.24, 2.45) is 5.92 Å². The van der Waals surface area contributed by atoms with Crippen LogP contribution in [0.25, 0.3) is 5.00 Å². The summed E-state index contributed by atoms with van der Waals surface area (Å²) in [7, 11) is 0. The molecule has 1 amide bonds. The van der Waals surface area contributed by atoms with Gasteiger partial charge >= 0.3 is 0 Å². The molecule has 0 saturated carbocycles. The van der Waals surface area contributed by atoms with E-state index in [9.17, 15) is 4.79 Å². The molecule has 0 radical (unpaired) electrons. The van der Waals surface area contributed by atoms with E-state index >= 15 is 0 Å². The Morgan fingerprint density at radius 1 is 1.39 bits per heavy atom. The van der Waals surface area contributed by atoms with Crippen LogP contribution in [0.1, 0.15) is 48.4 Å². The van der Waals surface area contributed by atoms with Gasteiger partial charge in [-0.2, -0.15) is 0 Å². The summed E-state index contributed by atoms with van der Waals surface area (Å²) in [4.78, 5) is 13.9. The Morgan fingerprint density at radius 3 is 3.19 bits per heavy atom. The van der Waals surface area contributed by atoms with E-state index in [4.69, 9.17) is 4.74 Å². The van der Waals surface area contributed by atoms with Crippen molar-refractivity contribution in [1.29, 1.82) is 0 Å². The van der Waals surface area contributed by atoms with Crippen LogP contribution in [0.2, 0.25) is 0 Å². The maximum Gasteiger partial charge on any atom is 0.249 e. The smallest absolute Gasteiger partial charge is 0.249 e. The summed E-state index contributed by atoms with van der Waals surface area (Å²) in [6.07, 6.45) is 5.85. The Kier molecular flexibility index (Phi) is 5.18. The molecular formula is C20H27N7O2S2. The van der Waals surface area contributed by atoms with Gasteiger partial charge in [0.1, 0.15) is 11.2 Å². The molecule has 2 fully saturated rings. The van der Waals surface area contributed by atoms with E-state index in [1.807, 2.05) is 11.3 Å². The summed E-state index contributed by atoms with van der Waals surface area (Å²) in [6.45, 7) is 4.43. The lowest BCUT2D eigenvalue weighted by Gasteiger charge is -2.31. The van der Waals surface area contributed by atoms with Crippen LogP contribution in [0.5, 0.6) is 0 Å². The molecule has 6 rings (SSSR count). The van der Waals surface area contributed by atoms with E-state index < -0.39 is 0 Å². The number of rotatable bonds is 5. The van der Waals surface area contributed by atoms with Crippen molar-refractivity contribution in [3.8, 4) is 5.00 Å². The zero-order chi connectivity index (χ0) is 20.9. The highest BCUT2D eigenvalue weighted by Gasteiger charge is 2.42. The lowest BCUT2D eigenvalue weighted by Crippen LogP contribution is -2.39. The number of anilines is 1. The predicted molar refractivity (Wildman–Crippen MR) is 119 cm³/mol. The minimum absolute atomic E-state index is 0.00650. The van der Waals surface area contributed by atoms with Crippen molar-refractivity contribution in [3.63, 3.8) is 0 Å². The monoisotopic (exact) mass is 461 g/mol. The van der Waals surface area contributed by atoms with Crippen LogP contribution in [-0.4, -0.2) is 52.3 Å². The Morgan fingerprint density at radius 2 is 2.32 bits per heavy atom. The summed E-state index contributed by atoms with van der Waals surface area (Å²) < 4.78 is 7.73. The van der Waals surface area contributed by atoms with E-state index in [0.717, 1.165) is 43.4 Å².